The summed E-state index contributed by atoms with van der Waals surface area (Å²) in [5.41, 5.74) is 0.717. The summed E-state index contributed by atoms with van der Waals surface area (Å²) >= 11 is 7.64. The van der Waals surface area contributed by atoms with Gasteiger partial charge in [0.05, 0.1) is 22.6 Å². The van der Waals surface area contributed by atoms with Crippen LogP contribution in [0.25, 0.3) is 23.0 Å². The molecule has 26 heavy (non-hydrogen) atoms. The van der Waals surface area contributed by atoms with Crippen molar-refractivity contribution >= 4 is 23.4 Å². The number of hydrogen-bond donors (Lipinski definition) is 0. The largest absolute Gasteiger partial charge is 0.461 e. The molecule has 0 amide bonds. The Kier molecular flexibility index (Phi) is 4.77. The Balaban J connectivity index is 1.51. The van der Waals surface area contributed by atoms with Crippen molar-refractivity contribution in [1.29, 1.82) is 0 Å². The Bertz CT molecular complexity index is 1010. The van der Waals surface area contributed by atoms with Crippen LogP contribution in [-0.2, 0) is 12.3 Å². The van der Waals surface area contributed by atoms with Gasteiger partial charge in [0, 0.05) is 6.54 Å². The molecule has 1 aromatic carbocycles. The minimum absolute atomic E-state index is 0.402. The average Bonchev–Trinajstić information content (AvgIpc) is 3.39. The standard InChI is InChI=1S/C17H14ClN5O2S/c1-2-23-15(13-8-5-9-24-13)20-22-17(23)26-10-14-19-21-16(25-14)11-6-3-4-7-12(11)18/h3-9H,2,10H2,1H3. The van der Waals surface area contributed by atoms with Crippen molar-refractivity contribution in [2.45, 2.75) is 24.4 Å². The second kappa shape index (κ2) is 7.35. The van der Waals surface area contributed by atoms with Gasteiger partial charge in [-0.1, -0.05) is 35.5 Å². The van der Waals surface area contributed by atoms with Crippen molar-refractivity contribution in [3.8, 4) is 23.0 Å². The second-order valence-electron chi connectivity index (χ2n) is 5.30. The number of furan rings is 1. The van der Waals surface area contributed by atoms with Crippen molar-refractivity contribution in [3.05, 3.63) is 53.6 Å². The first-order valence-corrected chi connectivity index (χ1v) is 9.29. The lowest BCUT2D eigenvalue weighted by Gasteiger charge is -2.04. The van der Waals surface area contributed by atoms with Gasteiger partial charge in [0.15, 0.2) is 16.7 Å². The minimum Gasteiger partial charge on any atom is -0.461 e. The Hall–Kier alpha value is -2.58. The molecule has 3 heterocycles. The molecule has 3 aromatic heterocycles. The van der Waals surface area contributed by atoms with E-state index in [1.807, 2.05) is 41.8 Å². The second-order valence-corrected chi connectivity index (χ2v) is 6.65. The number of aromatic nitrogens is 5. The predicted molar refractivity (Wildman–Crippen MR) is 97.7 cm³/mol. The van der Waals surface area contributed by atoms with Gasteiger partial charge in [-0.05, 0) is 31.2 Å². The summed E-state index contributed by atoms with van der Waals surface area (Å²) in [6.07, 6.45) is 1.62. The number of halogens is 1. The lowest BCUT2D eigenvalue weighted by Crippen LogP contribution is -1.99. The summed E-state index contributed by atoms with van der Waals surface area (Å²) in [7, 11) is 0. The van der Waals surface area contributed by atoms with Gasteiger partial charge in [-0.25, -0.2) is 0 Å². The van der Waals surface area contributed by atoms with Crippen molar-refractivity contribution in [3.63, 3.8) is 0 Å². The van der Waals surface area contributed by atoms with Crippen LogP contribution >= 0.6 is 23.4 Å². The molecule has 4 aromatic rings. The van der Waals surface area contributed by atoms with Crippen molar-refractivity contribution < 1.29 is 8.83 Å². The molecule has 0 spiro atoms. The van der Waals surface area contributed by atoms with E-state index in [1.54, 1.807) is 12.3 Å². The van der Waals surface area contributed by atoms with E-state index in [9.17, 15) is 0 Å². The van der Waals surface area contributed by atoms with E-state index < -0.39 is 0 Å². The monoisotopic (exact) mass is 387 g/mol. The molecule has 0 bridgehead atoms. The Morgan fingerprint density at radius 3 is 2.73 bits per heavy atom. The predicted octanol–water partition coefficient (Wildman–Crippen LogP) is 4.55. The zero-order valence-corrected chi connectivity index (χ0v) is 15.4. The van der Waals surface area contributed by atoms with Crippen LogP contribution in [0.15, 0.2) is 56.7 Å². The third kappa shape index (κ3) is 3.25. The summed E-state index contributed by atoms with van der Waals surface area (Å²) in [6.45, 7) is 2.75. The molecule has 0 radical (unpaired) electrons. The molecule has 0 unspecified atom stereocenters. The van der Waals surface area contributed by atoms with Crippen LogP contribution in [-0.4, -0.2) is 25.0 Å². The zero-order chi connectivity index (χ0) is 17.9. The lowest BCUT2D eigenvalue weighted by molar-refractivity contribution is 0.528. The minimum atomic E-state index is 0.402. The zero-order valence-electron chi connectivity index (χ0n) is 13.8. The van der Waals surface area contributed by atoms with Crippen LogP contribution in [0.5, 0.6) is 0 Å². The molecule has 0 saturated heterocycles. The van der Waals surface area contributed by atoms with E-state index >= 15 is 0 Å². The van der Waals surface area contributed by atoms with Crippen LogP contribution < -0.4 is 0 Å². The highest BCUT2D eigenvalue weighted by Gasteiger charge is 2.17. The molecule has 0 saturated carbocycles. The first-order valence-electron chi connectivity index (χ1n) is 7.93. The Labute approximate surface area is 158 Å². The van der Waals surface area contributed by atoms with E-state index in [-0.39, 0.29) is 0 Å². The summed E-state index contributed by atoms with van der Waals surface area (Å²) in [4.78, 5) is 0. The fourth-order valence-corrected chi connectivity index (χ4v) is 3.51. The van der Waals surface area contributed by atoms with E-state index in [4.69, 9.17) is 20.4 Å². The molecular weight excluding hydrogens is 374 g/mol. The van der Waals surface area contributed by atoms with Gasteiger partial charge in [0.1, 0.15) is 0 Å². The van der Waals surface area contributed by atoms with E-state index in [0.717, 1.165) is 17.3 Å². The molecule has 0 atom stereocenters. The van der Waals surface area contributed by atoms with Crippen molar-refractivity contribution in [2.24, 2.45) is 0 Å². The lowest BCUT2D eigenvalue weighted by atomic mass is 10.2. The number of rotatable bonds is 6. The van der Waals surface area contributed by atoms with Gasteiger partial charge < -0.3 is 8.83 Å². The van der Waals surface area contributed by atoms with Crippen LogP contribution in [0.4, 0.5) is 0 Å². The molecule has 0 N–H and O–H groups in total. The van der Waals surface area contributed by atoms with Gasteiger partial charge in [0.25, 0.3) is 0 Å². The Morgan fingerprint density at radius 1 is 1.08 bits per heavy atom. The number of hydrogen-bond acceptors (Lipinski definition) is 7. The third-order valence-electron chi connectivity index (χ3n) is 3.67. The smallest absolute Gasteiger partial charge is 0.249 e. The molecule has 0 fully saturated rings. The molecule has 7 nitrogen and oxygen atoms in total. The first kappa shape index (κ1) is 16.9. The van der Waals surface area contributed by atoms with Crippen molar-refractivity contribution in [1.82, 2.24) is 25.0 Å². The van der Waals surface area contributed by atoms with Gasteiger partial charge in [0.2, 0.25) is 11.8 Å². The highest BCUT2D eigenvalue weighted by atomic mass is 35.5. The maximum atomic E-state index is 6.17. The number of thioether (sulfide) groups is 1. The fraction of sp³-hybridized carbons (Fsp3) is 0.176. The fourth-order valence-electron chi connectivity index (χ4n) is 2.45. The van der Waals surface area contributed by atoms with E-state index in [2.05, 4.69) is 20.4 Å². The first-order chi connectivity index (χ1) is 12.8. The molecule has 4 rings (SSSR count). The summed E-state index contributed by atoms with van der Waals surface area (Å²) in [6, 6.07) is 11.0. The molecule has 9 heteroatoms. The highest BCUT2D eigenvalue weighted by molar-refractivity contribution is 7.98. The summed E-state index contributed by atoms with van der Waals surface area (Å²) in [5, 5.41) is 18.0. The third-order valence-corrected chi connectivity index (χ3v) is 4.95. The number of benzene rings is 1. The topological polar surface area (TPSA) is 82.8 Å². The summed E-state index contributed by atoms with van der Waals surface area (Å²) in [5.74, 6) is 2.76. The normalized spacial score (nSPS) is 11.2. The van der Waals surface area contributed by atoms with Crippen LogP contribution in [0.1, 0.15) is 12.8 Å². The van der Waals surface area contributed by atoms with Gasteiger partial charge in [-0.15, -0.1) is 20.4 Å². The molecule has 0 aliphatic rings. The maximum absolute atomic E-state index is 6.17. The highest BCUT2D eigenvalue weighted by Crippen LogP contribution is 2.29. The van der Waals surface area contributed by atoms with Gasteiger partial charge in [-0.3, -0.25) is 4.57 Å². The van der Waals surface area contributed by atoms with Crippen molar-refractivity contribution in [2.75, 3.05) is 0 Å². The summed E-state index contributed by atoms with van der Waals surface area (Å²) < 4.78 is 13.1. The van der Waals surface area contributed by atoms with Gasteiger partial charge in [-0.2, -0.15) is 0 Å². The molecule has 132 valence electrons. The van der Waals surface area contributed by atoms with Crippen LogP contribution in [0, 0.1) is 0 Å². The number of nitrogens with zero attached hydrogens (tertiary/aromatic N) is 5. The van der Waals surface area contributed by atoms with E-state index in [0.29, 0.717) is 34.1 Å². The quantitative estimate of drug-likeness (QED) is 0.448. The van der Waals surface area contributed by atoms with Crippen LogP contribution in [0.3, 0.4) is 0 Å². The SMILES string of the molecule is CCn1c(SCc2nnc(-c3ccccc3Cl)o2)nnc1-c1ccco1. The average molecular weight is 388 g/mol. The Morgan fingerprint density at radius 2 is 1.96 bits per heavy atom. The molecule has 0 aliphatic heterocycles. The molecule has 0 aliphatic carbocycles. The van der Waals surface area contributed by atoms with Gasteiger partial charge >= 0.3 is 0 Å². The maximum Gasteiger partial charge on any atom is 0.249 e. The van der Waals surface area contributed by atoms with Crippen LogP contribution in [0.2, 0.25) is 5.02 Å². The van der Waals surface area contributed by atoms with E-state index in [1.165, 1.54) is 11.8 Å². The molecular formula is C17H14ClN5O2S.